The van der Waals surface area contributed by atoms with Crippen LogP contribution in [-0.4, -0.2) is 95.8 Å². The molecule has 0 radical (unpaired) electrons. The third kappa shape index (κ3) is 6.45. The summed E-state index contributed by atoms with van der Waals surface area (Å²) in [5.74, 6) is -0.00500. The normalized spacial score (nSPS) is 17.9. The number of nitriles is 1. The molecule has 0 spiro atoms. The molecule has 1 N–H and O–H groups in total. The van der Waals surface area contributed by atoms with E-state index in [9.17, 15) is 26.9 Å². The third-order valence-electron chi connectivity index (χ3n) is 7.42. The Hall–Kier alpha value is -3.74. The maximum Gasteiger partial charge on any atom is 0.420 e. The largest absolute Gasteiger partial charge is 0.420 e. The van der Waals surface area contributed by atoms with Crippen molar-refractivity contribution in [1.29, 1.82) is 5.26 Å². The van der Waals surface area contributed by atoms with Crippen molar-refractivity contribution in [3.63, 3.8) is 0 Å². The average molecular weight is 590 g/mol. The van der Waals surface area contributed by atoms with Crippen LogP contribution in [0, 0.1) is 11.3 Å². The molecule has 0 amide bonds. The van der Waals surface area contributed by atoms with Crippen LogP contribution >= 0.6 is 0 Å². The van der Waals surface area contributed by atoms with E-state index in [-0.39, 0.29) is 17.7 Å². The molecular weight excluding hydrogens is 559 g/mol. The highest BCUT2D eigenvalue weighted by atomic mass is 32.2. The summed E-state index contributed by atoms with van der Waals surface area (Å²) in [6.07, 6.45) is 0.841. The molecule has 15 heteroatoms. The number of anilines is 2. The molecule has 2 aliphatic heterocycles. The lowest BCUT2D eigenvalue weighted by Crippen LogP contribution is -2.44. The van der Waals surface area contributed by atoms with Crippen LogP contribution in [-0.2, 0) is 16.2 Å². The van der Waals surface area contributed by atoms with Gasteiger partial charge in [-0.1, -0.05) is 0 Å². The number of sulfonamides is 1. The van der Waals surface area contributed by atoms with Gasteiger partial charge in [0.15, 0.2) is 0 Å². The molecule has 5 rings (SSSR count). The Morgan fingerprint density at radius 2 is 1.78 bits per heavy atom. The minimum absolute atomic E-state index is 0.00500. The molecule has 0 bridgehead atoms. The summed E-state index contributed by atoms with van der Waals surface area (Å²) in [5, 5.41) is 12.9. The van der Waals surface area contributed by atoms with Crippen LogP contribution in [0.2, 0.25) is 0 Å². The average Bonchev–Trinajstić information content (AvgIpc) is 3.42. The lowest BCUT2D eigenvalue weighted by Gasteiger charge is -2.34. The van der Waals surface area contributed by atoms with Gasteiger partial charge >= 0.3 is 6.18 Å². The van der Waals surface area contributed by atoms with Gasteiger partial charge in [0.05, 0.1) is 17.5 Å². The van der Waals surface area contributed by atoms with Crippen LogP contribution < -0.4 is 10.2 Å². The fourth-order valence-electron chi connectivity index (χ4n) is 5.05. The fraction of sp³-hybridized carbons (Fsp3) is 0.462. The first kappa shape index (κ1) is 28.8. The summed E-state index contributed by atoms with van der Waals surface area (Å²) in [7, 11) is -1.25. The molecule has 2 saturated heterocycles. The molecule has 0 unspecified atom stereocenters. The molecule has 2 aliphatic rings. The SMILES string of the molecule is CN1CCN(c2ccc(-n3cnc(-c4nc(NC5CCN(S(C)(=O)=O)CC5)ncc4C(F)(F)F)c3)c(C#N)c2)CC1. The summed E-state index contributed by atoms with van der Waals surface area (Å²) in [5.41, 5.74) is 0.310. The number of imidazole rings is 1. The number of nitrogens with zero attached hydrogens (tertiary/aromatic N) is 8. The lowest BCUT2D eigenvalue weighted by molar-refractivity contribution is -0.137. The molecule has 3 aromatic rings. The van der Waals surface area contributed by atoms with Crippen LogP contribution in [0.25, 0.3) is 17.1 Å². The van der Waals surface area contributed by atoms with Crippen molar-refractivity contribution in [1.82, 2.24) is 28.7 Å². The standard InChI is InChI=1S/C26H30F3N9O2S/c1-35-9-11-36(12-10-35)20-3-4-23(18(13-20)14-30)37-16-22(32-17-37)24-21(26(27,28)29)15-31-25(34-24)33-19-5-7-38(8-6-19)41(2,39)40/h3-4,13,15-17,19H,5-12H2,1-2H3,(H,31,33,34). The molecule has 41 heavy (non-hydrogen) atoms. The molecule has 1 aromatic carbocycles. The zero-order chi connectivity index (χ0) is 29.4. The summed E-state index contributed by atoms with van der Waals surface area (Å²) in [6, 6.07) is 7.43. The van der Waals surface area contributed by atoms with Gasteiger partial charge in [-0.2, -0.15) is 18.4 Å². The van der Waals surface area contributed by atoms with Crippen molar-refractivity contribution < 1.29 is 21.6 Å². The highest BCUT2D eigenvalue weighted by molar-refractivity contribution is 7.88. The second-order valence-corrected chi connectivity index (χ2v) is 12.3. The number of likely N-dealkylation sites (N-methyl/N-ethyl adjacent to an activating group) is 1. The highest BCUT2D eigenvalue weighted by Gasteiger charge is 2.36. The Bertz CT molecular complexity index is 1550. The third-order valence-corrected chi connectivity index (χ3v) is 8.73. The highest BCUT2D eigenvalue weighted by Crippen LogP contribution is 2.36. The molecule has 11 nitrogen and oxygen atoms in total. The molecule has 2 aromatic heterocycles. The quantitative estimate of drug-likeness (QED) is 0.462. The molecule has 0 atom stereocenters. The van der Waals surface area contributed by atoms with Gasteiger partial charge in [0.25, 0.3) is 0 Å². The van der Waals surface area contributed by atoms with E-state index in [1.807, 2.05) is 6.07 Å². The number of piperazine rings is 1. The zero-order valence-electron chi connectivity index (χ0n) is 22.6. The first-order valence-electron chi connectivity index (χ1n) is 13.1. The van der Waals surface area contributed by atoms with Crippen molar-refractivity contribution in [2.75, 3.05) is 62.8 Å². The van der Waals surface area contributed by atoms with E-state index in [1.165, 1.54) is 21.4 Å². The zero-order valence-corrected chi connectivity index (χ0v) is 23.5. The number of nitrogens with one attached hydrogen (secondary N) is 1. The molecule has 0 aliphatic carbocycles. The Morgan fingerprint density at radius 3 is 2.41 bits per heavy atom. The van der Waals surface area contributed by atoms with Gasteiger partial charge in [0.1, 0.15) is 29.3 Å². The second kappa shape index (κ2) is 11.3. The summed E-state index contributed by atoms with van der Waals surface area (Å²) >= 11 is 0. The van der Waals surface area contributed by atoms with Gasteiger partial charge in [0, 0.05) is 63.4 Å². The summed E-state index contributed by atoms with van der Waals surface area (Å²) < 4.78 is 68.2. The van der Waals surface area contributed by atoms with E-state index < -0.39 is 27.5 Å². The number of alkyl halides is 3. The van der Waals surface area contributed by atoms with Crippen LogP contribution in [0.15, 0.2) is 36.9 Å². The van der Waals surface area contributed by atoms with Gasteiger partial charge in [0.2, 0.25) is 16.0 Å². The van der Waals surface area contributed by atoms with Gasteiger partial charge in [-0.3, -0.25) is 0 Å². The molecule has 0 saturated carbocycles. The molecule has 4 heterocycles. The number of aromatic nitrogens is 4. The number of halogens is 3. The van der Waals surface area contributed by atoms with Crippen LogP contribution in [0.5, 0.6) is 0 Å². The maximum absolute atomic E-state index is 13.9. The van der Waals surface area contributed by atoms with Gasteiger partial charge in [-0.15, -0.1) is 0 Å². The Labute approximate surface area is 236 Å². The van der Waals surface area contributed by atoms with E-state index in [0.717, 1.165) is 44.3 Å². The van der Waals surface area contributed by atoms with E-state index in [1.54, 1.807) is 12.1 Å². The first-order valence-corrected chi connectivity index (χ1v) is 15.0. The number of rotatable bonds is 6. The predicted molar refractivity (Wildman–Crippen MR) is 147 cm³/mol. The Kier molecular flexibility index (Phi) is 7.91. The van der Waals surface area contributed by atoms with Gasteiger partial charge in [-0.25, -0.2) is 27.7 Å². The second-order valence-electron chi connectivity index (χ2n) is 10.3. The van der Waals surface area contributed by atoms with Gasteiger partial charge < -0.3 is 19.7 Å². The number of benzene rings is 1. The van der Waals surface area contributed by atoms with E-state index in [4.69, 9.17) is 0 Å². The minimum Gasteiger partial charge on any atom is -0.369 e. The maximum atomic E-state index is 13.9. The molecular formula is C26H30F3N9O2S. The van der Waals surface area contributed by atoms with Crippen molar-refractivity contribution in [2.45, 2.75) is 25.1 Å². The Morgan fingerprint density at radius 1 is 1.07 bits per heavy atom. The van der Waals surface area contributed by atoms with E-state index >= 15 is 0 Å². The number of hydrogen-bond donors (Lipinski definition) is 1. The number of piperidine rings is 1. The first-order chi connectivity index (χ1) is 19.4. The smallest absolute Gasteiger partial charge is 0.369 e. The summed E-state index contributed by atoms with van der Waals surface area (Å²) in [4.78, 5) is 16.7. The van der Waals surface area contributed by atoms with Crippen molar-refractivity contribution in [3.05, 3.63) is 48.0 Å². The van der Waals surface area contributed by atoms with E-state index in [2.05, 4.69) is 43.2 Å². The predicted octanol–water partition coefficient (Wildman–Crippen LogP) is 2.81. The molecule has 218 valence electrons. The minimum atomic E-state index is -4.72. The van der Waals surface area contributed by atoms with Crippen molar-refractivity contribution >= 4 is 21.7 Å². The van der Waals surface area contributed by atoms with Gasteiger partial charge in [-0.05, 0) is 38.1 Å². The number of hydrogen-bond acceptors (Lipinski definition) is 9. The fourth-order valence-corrected chi connectivity index (χ4v) is 5.92. The van der Waals surface area contributed by atoms with Crippen molar-refractivity contribution in [3.8, 4) is 23.1 Å². The topological polar surface area (TPSA) is 123 Å². The lowest BCUT2D eigenvalue weighted by atomic mass is 10.1. The Balaban J connectivity index is 1.40. The summed E-state index contributed by atoms with van der Waals surface area (Å²) in [6.45, 7) is 4.07. The van der Waals surface area contributed by atoms with E-state index in [0.29, 0.717) is 37.2 Å². The van der Waals surface area contributed by atoms with Crippen molar-refractivity contribution in [2.24, 2.45) is 0 Å². The molecule has 2 fully saturated rings. The monoisotopic (exact) mass is 589 g/mol. The van der Waals surface area contributed by atoms with Crippen LogP contribution in [0.3, 0.4) is 0 Å². The van der Waals surface area contributed by atoms with Crippen LogP contribution in [0.4, 0.5) is 24.8 Å². The van der Waals surface area contributed by atoms with Crippen LogP contribution in [0.1, 0.15) is 24.0 Å².